The maximum Gasteiger partial charge on any atom is 0.258 e. The van der Waals surface area contributed by atoms with E-state index in [9.17, 15) is 9.90 Å². The summed E-state index contributed by atoms with van der Waals surface area (Å²) in [6.45, 7) is 7.31. The van der Waals surface area contributed by atoms with Crippen molar-refractivity contribution in [2.75, 3.05) is 6.61 Å². The molecule has 1 aromatic rings. The molecule has 0 unspecified atom stereocenters. The zero-order chi connectivity index (χ0) is 14.6. The lowest BCUT2D eigenvalue weighted by Crippen LogP contribution is -2.43. The van der Waals surface area contributed by atoms with E-state index in [-0.39, 0.29) is 18.1 Å². The number of carbonyl (C=O) groups is 1. The molecule has 1 atom stereocenters. The van der Waals surface area contributed by atoms with Gasteiger partial charge in [0.2, 0.25) is 0 Å². The van der Waals surface area contributed by atoms with Crippen molar-refractivity contribution in [2.24, 2.45) is 0 Å². The summed E-state index contributed by atoms with van der Waals surface area (Å²) in [6.07, 6.45) is -0.645. The average Bonchev–Trinajstić information content (AvgIpc) is 2.23. The predicted molar refractivity (Wildman–Crippen MR) is 78.2 cm³/mol. The Kier molecular flexibility index (Phi) is 5.38. The van der Waals surface area contributed by atoms with Crippen LogP contribution in [-0.2, 0) is 4.79 Å². The first-order valence-corrected chi connectivity index (χ1v) is 6.89. The first-order valence-electron chi connectivity index (χ1n) is 6.10. The maximum absolute atomic E-state index is 11.7. The first kappa shape index (κ1) is 16.0. The number of rotatable bonds is 4. The fourth-order valence-corrected chi connectivity index (χ4v) is 1.92. The summed E-state index contributed by atoms with van der Waals surface area (Å²) < 4.78 is 6.32. The SMILES string of the molecule is C[C@@H](O)c1ccc(Br)cc1OCC(=O)NC(C)(C)C. The molecule has 0 bridgehead atoms. The minimum Gasteiger partial charge on any atom is -0.483 e. The summed E-state index contributed by atoms with van der Waals surface area (Å²) in [5, 5.41) is 12.5. The molecule has 1 aromatic carbocycles. The zero-order valence-electron chi connectivity index (χ0n) is 11.7. The van der Waals surface area contributed by atoms with E-state index < -0.39 is 6.10 Å². The van der Waals surface area contributed by atoms with Crippen LogP contribution in [0.15, 0.2) is 22.7 Å². The highest BCUT2D eigenvalue weighted by molar-refractivity contribution is 9.10. The molecule has 0 saturated carbocycles. The van der Waals surface area contributed by atoms with Gasteiger partial charge in [-0.3, -0.25) is 4.79 Å². The number of hydrogen-bond donors (Lipinski definition) is 2. The largest absolute Gasteiger partial charge is 0.483 e. The van der Waals surface area contributed by atoms with E-state index >= 15 is 0 Å². The zero-order valence-corrected chi connectivity index (χ0v) is 13.2. The van der Waals surface area contributed by atoms with Gasteiger partial charge in [-0.2, -0.15) is 0 Å². The van der Waals surface area contributed by atoms with Crippen molar-refractivity contribution >= 4 is 21.8 Å². The van der Waals surface area contributed by atoms with Crippen molar-refractivity contribution in [2.45, 2.75) is 39.3 Å². The summed E-state index contributed by atoms with van der Waals surface area (Å²) in [7, 11) is 0. The van der Waals surface area contributed by atoms with E-state index in [4.69, 9.17) is 4.74 Å². The quantitative estimate of drug-likeness (QED) is 0.892. The number of ether oxygens (including phenoxy) is 1. The third kappa shape index (κ3) is 5.61. The van der Waals surface area contributed by atoms with Gasteiger partial charge in [0.05, 0.1) is 6.10 Å². The normalized spacial score (nSPS) is 12.9. The molecule has 0 spiro atoms. The van der Waals surface area contributed by atoms with Gasteiger partial charge >= 0.3 is 0 Å². The maximum atomic E-state index is 11.7. The van der Waals surface area contributed by atoms with Crippen LogP contribution < -0.4 is 10.1 Å². The highest BCUT2D eigenvalue weighted by atomic mass is 79.9. The second-order valence-electron chi connectivity index (χ2n) is 5.44. The molecule has 5 heteroatoms. The van der Waals surface area contributed by atoms with Gasteiger partial charge in [-0.1, -0.05) is 22.0 Å². The van der Waals surface area contributed by atoms with E-state index in [1.807, 2.05) is 26.8 Å². The van der Waals surface area contributed by atoms with Crippen molar-refractivity contribution in [3.05, 3.63) is 28.2 Å². The Morgan fingerprint density at radius 1 is 1.47 bits per heavy atom. The number of halogens is 1. The molecule has 19 heavy (non-hydrogen) atoms. The summed E-state index contributed by atoms with van der Waals surface area (Å²) in [6, 6.07) is 5.34. The Morgan fingerprint density at radius 2 is 2.11 bits per heavy atom. The Balaban J connectivity index is 2.72. The van der Waals surface area contributed by atoms with Crippen LogP contribution in [-0.4, -0.2) is 23.2 Å². The lowest BCUT2D eigenvalue weighted by atomic mass is 10.1. The fraction of sp³-hybridized carbons (Fsp3) is 0.500. The number of amides is 1. The van der Waals surface area contributed by atoms with Gasteiger partial charge in [-0.15, -0.1) is 0 Å². The fourth-order valence-electron chi connectivity index (χ4n) is 1.58. The molecule has 0 aliphatic carbocycles. The standard InChI is InChI=1S/C14H20BrNO3/c1-9(17)11-6-5-10(15)7-12(11)19-8-13(18)16-14(2,3)4/h5-7,9,17H,8H2,1-4H3,(H,16,18)/t9-/m1/s1. The minimum atomic E-state index is -0.645. The molecule has 0 fully saturated rings. The number of nitrogens with one attached hydrogen (secondary N) is 1. The van der Waals surface area contributed by atoms with Crippen LogP contribution in [0.2, 0.25) is 0 Å². The molecule has 4 nitrogen and oxygen atoms in total. The molecule has 1 amide bonds. The van der Waals surface area contributed by atoms with Crippen LogP contribution in [0.25, 0.3) is 0 Å². The van der Waals surface area contributed by atoms with Crippen LogP contribution in [0.4, 0.5) is 0 Å². The minimum absolute atomic E-state index is 0.0759. The van der Waals surface area contributed by atoms with Crippen LogP contribution >= 0.6 is 15.9 Å². The van der Waals surface area contributed by atoms with Crippen LogP contribution in [0.3, 0.4) is 0 Å². The molecule has 0 radical (unpaired) electrons. The van der Waals surface area contributed by atoms with Gasteiger partial charge in [0.1, 0.15) is 5.75 Å². The Labute approximate surface area is 122 Å². The highest BCUT2D eigenvalue weighted by Gasteiger charge is 2.15. The second kappa shape index (κ2) is 6.39. The third-order valence-corrected chi connectivity index (χ3v) is 2.79. The highest BCUT2D eigenvalue weighted by Crippen LogP contribution is 2.28. The number of benzene rings is 1. The van der Waals surface area contributed by atoms with Crippen molar-refractivity contribution in [3.63, 3.8) is 0 Å². The Morgan fingerprint density at radius 3 is 2.63 bits per heavy atom. The number of carbonyl (C=O) groups excluding carboxylic acids is 1. The van der Waals surface area contributed by atoms with Crippen molar-refractivity contribution < 1.29 is 14.6 Å². The van der Waals surface area contributed by atoms with E-state index in [0.29, 0.717) is 11.3 Å². The molecular formula is C14H20BrNO3. The predicted octanol–water partition coefficient (Wildman–Crippen LogP) is 2.80. The first-order chi connectivity index (χ1) is 8.69. The van der Waals surface area contributed by atoms with Gasteiger partial charge in [0.25, 0.3) is 5.91 Å². The number of aliphatic hydroxyl groups is 1. The molecular weight excluding hydrogens is 310 g/mol. The van der Waals surface area contributed by atoms with Gasteiger partial charge in [0.15, 0.2) is 6.61 Å². The van der Waals surface area contributed by atoms with Crippen LogP contribution in [0, 0.1) is 0 Å². The van der Waals surface area contributed by atoms with Gasteiger partial charge in [-0.25, -0.2) is 0 Å². The van der Waals surface area contributed by atoms with Crippen molar-refractivity contribution in [1.82, 2.24) is 5.32 Å². The molecule has 0 aliphatic rings. The molecule has 1 rings (SSSR count). The second-order valence-corrected chi connectivity index (χ2v) is 6.36. The summed E-state index contributed by atoms with van der Waals surface area (Å²) in [4.78, 5) is 11.7. The third-order valence-electron chi connectivity index (χ3n) is 2.30. The summed E-state index contributed by atoms with van der Waals surface area (Å²) >= 11 is 3.34. The average molecular weight is 330 g/mol. The summed E-state index contributed by atoms with van der Waals surface area (Å²) in [5.74, 6) is 0.317. The van der Waals surface area contributed by atoms with Gasteiger partial charge < -0.3 is 15.2 Å². The number of aliphatic hydroxyl groups excluding tert-OH is 1. The van der Waals surface area contributed by atoms with Crippen LogP contribution in [0.5, 0.6) is 5.75 Å². The molecule has 2 N–H and O–H groups in total. The van der Waals surface area contributed by atoms with Crippen molar-refractivity contribution in [3.8, 4) is 5.75 Å². The molecule has 0 aliphatic heterocycles. The smallest absolute Gasteiger partial charge is 0.258 e. The van der Waals surface area contributed by atoms with E-state index in [2.05, 4.69) is 21.2 Å². The Bertz CT molecular complexity index is 452. The van der Waals surface area contributed by atoms with Crippen LogP contribution in [0.1, 0.15) is 39.4 Å². The molecule has 106 valence electrons. The molecule has 0 aromatic heterocycles. The van der Waals surface area contributed by atoms with Gasteiger partial charge in [0, 0.05) is 15.6 Å². The molecule has 0 saturated heterocycles. The monoisotopic (exact) mass is 329 g/mol. The lowest BCUT2D eigenvalue weighted by molar-refractivity contribution is -0.124. The van der Waals surface area contributed by atoms with E-state index in [0.717, 1.165) is 4.47 Å². The summed E-state index contributed by atoms with van der Waals surface area (Å²) in [5.41, 5.74) is 0.372. The number of hydrogen-bond acceptors (Lipinski definition) is 3. The van der Waals surface area contributed by atoms with E-state index in [1.165, 1.54) is 0 Å². The topological polar surface area (TPSA) is 58.6 Å². The Hall–Kier alpha value is -1.07. The lowest BCUT2D eigenvalue weighted by Gasteiger charge is -2.21. The van der Waals surface area contributed by atoms with E-state index in [1.54, 1.807) is 19.1 Å². The van der Waals surface area contributed by atoms with Crippen molar-refractivity contribution in [1.29, 1.82) is 0 Å². The molecule has 0 heterocycles. The van der Waals surface area contributed by atoms with Gasteiger partial charge in [-0.05, 0) is 39.8 Å².